The number of anilines is 1. The predicted molar refractivity (Wildman–Crippen MR) is 93.8 cm³/mol. The summed E-state index contributed by atoms with van der Waals surface area (Å²) in [4.78, 5) is 23.5. The Bertz CT molecular complexity index is 777. The first-order chi connectivity index (χ1) is 11.5. The Hall–Kier alpha value is -2.57. The van der Waals surface area contributed by atoms with Crippen LogP contribution in [0, 0.1) is 0 Å². The highest BCUT2D eigenvalue weighted by atomic mass is 35.5. The van der Waals surface area contributed by atoms with Gasteiger partial charge < -0.3 is 10.1 Å². The Kier molecular flexibility index (Phi) is 6.17. The summed E-state index contributed by atoms with van der Waals surface area (Å²) in [6.45, 7) is 0. The van der Waals surface area contributed by atoms with Gasteiger partial charge in [-0.3, -0.25) is 9.59 Å². The fourth-order valence-electron chi connectivity index (χ4n) is 1.69. The van der Waals surface area contributed by atoms with Gasteiger partial charge in [0.2, 0.25) is 0 Å². The Morgan fingerprint density at radius 3 is 2.46 bits per heavy atom. The minimum atomic E-state index is -0.934. The van der Waals surface area contributed by atoms with E-state index < -0.39 is 11.8 Å². The van der Waals surface area contributed by atoms with E-state index in [2.05, 4.69) is 15.8 Å². The van der Waals surface area contributed by atoms with E-state index in [1.54, 1.807) is 43.5 Å². The Balaban J connectivity index is 1.92. The van der Waals surface area contributed by atoms with Crippen molar-refractivity contribution in [1.82, 2.24) is 5.43 Å². The molecule has 0 fully saturated rings. The number of methoxy groups -OCH3 is 1. The molecule has 0 bridgehead atoms. The van der Waals surface area contributed by atoms with Gasteiger partial charge in [-0.15, -0.1) is 0 Å². The normalized spacial score (nSPS) is 10.5. The number of nitrogens with one attached hydrogen (secondary N) is 2. The maximum atomic E-state index is 11.8. The van der Waals surface area contributed by atoms with Gasteiger partial charge in [0.15, 0.2) is 0 Å². The van der Waals surface area contributed by atoms with Gasteiger partial charge in [-0.1, -0.05) is 29.3 Å². The number of rotatable bonds is 4. The van der Waals surface area contributed by atoms with E-state index in [1.165, 1.54) is 12.3 Å². The molecule has 2 aromatic rings. The minimum absolute atomic E-state index is 0.155. The second kappa shape index (κ2) is 8.33. The van der Waals surface area contributed by atoms with E-state index >= 15 is 0 Å². The van der Waals surface area contributed by atoms with Crippen molar-refractivity contribution in [2.45, 2.75) is 0 Å². The first-order valence-electron chi connectivity index (χ1n) is 6.73. The summed E-state index contributed by atoms with van der Waals surface area (Å²) < 4.78 is 5.03. The van der Waals surface area contributed by atoms with Gasteiger partial charge in [0.05, 0.1) is 29.1 Å². The molecular weight excluding hydrogens is 353 g/mol. The van der Waals surface area contributed by atoms with E-state index in [0.29, 0.717) is 5.75 Å². The molecule has 8 heteroatoms. The van der Waals surface area contributed by atoms with Crippen LogP contribution < -0.4 is 15.5 Å². The minimum Gasteiger partial charge on any atom is -0.497 e. The Labute approximate surface area is 148 Å². The molecule has 0 unspecified atom stereocenters. The number of carbonyl (C=O) groups is 2. The van der Waals surface area contributed by atoms with Crippen molar-refractivity contribution in [3.05, 3.63) is 58.1 Å². The zero-order valence-corrected chi connectivity index (χ0v) is 14.1. The number of carbonyl (C=O) groups excluding carboxylic acids is 2. The predicted octanol–water partition coefficient (Wildman–Crippen LogP) is 3.09. The van der Waals surface area contributed by atoms with Gasteiger partial charge in [-0.05, 0) is 42.0 Å². The van der Waals surface area contributed by atoms with Gasteiger partial charge in [-0.2, -0.15) is 5.10 Å². The van der Waals surface area contributed by atoms with Crippen molar-refractivity contribution in [1.29, 1.82) is 0 Å². The molecule has 0 saturated heterocycles. The van der Waals surface area contributed by atoms with Gasteiger partial charge in [-0.25, -0.2) is 5.43 Å². The van der Waals surface area contributed by atoms with Crippen LogP contribution in [0.1, 0.15) is 5.56 Å². The lowest BCUT2D eigenvalue weighted by Crippen LogP contribution is -2.32. The van der Waals surface area contributed by atoms with Crippen LogP contribution in [0.4, 0.5) is 5.69 Å². The Morgan fingerprint density at radius 2 is 1.79 bits per heavy atom. The van der Waals surface area contributed by atoms with Gasteiger partial charge in [0, 0.05) is 0 Å². The lowest BCUT2D eigenvalue weighted by molar-refractivity contribution is -0.136. The molecule has 0 aliphatic heterocycles. The molecule has 2 N–H and O–H groups in total. The lowest BCUT2D eigenvalue weighted by atomic mass is 10.2. The molecule has 124 valence electrons. The maximum Gasteiger partial charge on any atom is 0.329 e. The molecule has 0 aromatic heterocycles. The van der Waals surface area contributed by atoms with Gasteiger partial charge in [0.25, 0.3) is 0 Å². The summed E-state index contributed by atoms with van der Waals surface area (Å²) in [5.74, 6) is -1.14. The fourth-order valence-corrected chi connectivity index (χ4v) is 2.03. The fraction of sp³-hybridized carbons (Fsp3) is 0.0625. The van der Waals surface area contributed by atoms with Crippen LogP contribution in [-0.2, 0) is 9.59 Å². The van der Waals surface area contributed by atoms with Crippen LogP contribution >= 0.6 is 23.2 Å². The number of ether oxygens (including phenoxy) is 1. The van der Waals surface area contributed by atoms with Crippen LogP contribution in [-0.4, -0.2) is 25.1 Å². The molecule has 6 nitrogen and oxygen atoms in total. The van der Waals surface area contributed by atoms with E-state index in [9.17, 15) is 9.59 Å². The number of hydrogen-bond acceptors (Lipinski definition) is 4. The smallest absolute Gasteiger partial charge is 0.329 e. The number of nitrogens with zero attached hydrogens (tertiary/aromatic N) is 1. The van der Waals surface area contributed by atoms with Crippen LogP contribution in [0.15, 0.2) is 47.6 Å². The Morgan fingerprint density at radius 1 is 1.08 bits per heavy atom. The molecule has 0 aliphatic carbocycles. The summed E-state index contributed by atoms with van der Waals surface area (Å²) >= 11 is 11.8. The number of hydrogen-bond donors (Lipinski definition) is 2. The third-order valence-corrected chi connectivity index (χ3v) is 3.72. The van der Waals surface area contributed by atoms with Crippen molar-refractivity contribution in [2.75, 3.05) is 12.4 Å². The molecule has 2 aromatic carbocycles. The summed E-state index contributed by atoms with van der Waals surface area (Å²) in [5, 5.41) is 6.50. The van der Waals surface area contributed by atoms with Gasteiger partial charge in [0.1, 0.15) is 5.75 Å². The number of halogens is 2. The van der Waals surface area contributed by atoms with Crippen molar-refractivity contribution in [3.8, 4) is 5.75 Å². The van der Waals surface area contributed by atoms with Crippen LogP contribution in [0.25, 0.3) is 0 Å². The number of hydrazone groups is 1. The third kappa shape index (κ3) is 4.71. The summed E-state index contributed by atoms with van der Waals surface area (Å²) in [5.41, 5.74) is 3.10. The largest absolute Gasteiger partial charge is 0.497 e. The molecule has 24 heavy (non-hydrogen) atoms. The first kappa shape index (κ1) is 17.8. The summed E-state index contributed by atoms with van der Waals surface area (Å²) in [6.07, 6.45) is 1.40. The molecule has 0 spiro atoms. The topological polar surface area (TPSA) is 79.8 Å². The zero-order valence-electron chi connectivity index (χ0n) is 12.5. The van der Waals surface area contributed by atoms with E-state index in [0.717, 1.165) is 5.56 Å². The highest BCUT2D eigenvalue weighted by Gasteiger charge is 2.15. The summed E-state index contributed by atoms with van der Waals surface area (Å²) in [6, 6.07) is 11.7. The molecule has 0 radical (unpaired) electrons. The maximum absolute atomic E-state index is 11.8. The van der Waals surface area contributed by atoms with E-state index in [1.807, 2.05) is 0 Å². The molecule has 0 saturated carbocycles. The third-order valence-electron chi connectivity index (χ3n) is 2.90. The second-order valence-corrected chi connectivity index (χ2v) is 5.31. The second-order valence-electron chi connectivity index (χ2n) is 4.53. The summed E-state index contributed by atoms with van der Waals surface area (Å²) in [7, 11) is 1.56. The van der Waals surface area contributed by atoms with Gasteiger partial charge >= 0.3 is 11.8 Å². The van der Waals surface area contributed by atoms with Crippen molar-refractivity contribution < 1.29 is 14.3 Å². The van der Waals surface area contributed by atoms with Crippen LogP contribution in [0.5, 0.6) is 5.75 Å². The van der Waals surface area contributed by atoms with Crippen molar-refractivity contribution in [2.24, 2.45) is 5.10 Å². The lowest BCUT2D eigenvalue weighted by Gasteiger charge is -2.06. The quantitative estimate of drug-likeness (QED) is 0.496. The number of amides is 2. The molecule has 0 atom stereocenters. The van der Waals surface area contributed by atoms with Crippen molar-refractivity contribution in [3.63, 3.8) is 0 Å². The highest BCUT2D eigenvalue weighted by Crippen LogP contribution is 2.29. The van der Waals surface area contributed by atoms with Crippen molar-refractivity contribution >= 4 is 46.9 Å². The molecule has 0 aliphatic rings. The average molecular weight is 366 g/mol. The monoisotopic (exact) mass is 365 g/mol. The highest BCUT2D eigenvalue weighted by molar-refractivity contribution is 6.45. The van der Waals surface area contributed by atoms with E-state index in [-0.39, 0.29) is 15.7 Å². The SMILES string of the molecule is COc1ccc(/C=N/NC(=O)C(=O)Nc2cccc(Cl)c2Cl)cc1. The molecule has 2 amide bonds. The van der Waals surface area contributed by atoms with Crippen LogP contribution in [0.3, 0.4) is 0 Å². The first-order valence-corrected chi connectivity index (χ1v) is 7.49. The molecular formula is C16H13Cl2N3O3. The molecule has 2 rings (SSSR count). The van der Waals surface area contributed by atoms with Crippen LogP contribution in [0.2, 0.25) is 10.0 Å². The standard InChI is InChI=1S/C16H13Cl2N3O3/c1-24-11-7-5-10(6-8-11)9-19-21-16(23)15(22)20-13-4-2-3-12(17)14(13)18/h2-9H,1H3,(H,20,22)(H,21,23)/b19-9+. The van der Waals surface area contributed by atoms with E-state index in [4.69, 9.17) is 27.9 Å². The average Bonchev–Trinajstić information content (AvgIpc) is 2.59. The number of benzene rings is 2. The molecule has 0 heterocycles. The zero-order chi connectivity index (χ0) is 17.5.